The Balaban J connectivity index is 1.45. The molecule has 2 N–H and O–H groups in total. The Morgan fingerprint density at radius 2 is 2.00 bits per heavy atom. The van der Waals surface area contributed by atoms with Gasteiger partial charge in [0.05, 0.1) is 0 Å². The third kappa shape index (κ3) is 4.07. The average molecular weight is 381 g/mol. The number of fused-ring (bicyclic) bond motifs is 1. The summed E-state index contributed by atoms with van der Waals surface area (Å²) in [6, 6.07) is 7.59. The average Bonchev–Trinajstić information content (AvgIpc) is 2.79. The molecule has 1 fully saturated rings. The third-order valence-electron chi connectivity index (χ3n) is 4.51. The fraction of sp³-hybridized carbons (Fsp3) is 0.611. The van der Waals surface area contributed by atoms with Crippen molar-refractivity contribution in [2.75, 3.05) is 0 Å². The molecule has 1 atom stereocenters. The van der Waals surface area contributed by atoms with Crippen molar-refractivity contribution in [2.45, 2.75) is 70.2 Å². The molecule has 5 heteroatoms. The van der Waals surface area contributed by atoms with Crippen molar-refractivity contribution in [1.29, 1.82) is 0 Å². The number of carbonyl (C=O) groups is 1. The van der Waals surface area contributed by atoms with E-state index in [1.54, 1.807) is 0 Å². The Hall–Kier alpha value is -1.07. The van der Waals surface area contributed by atoms with Crippen LogP contribution in [0, 0.1) is 0 Å². The highest BCUT2D eigenvalue weighted by molar-refractivity contribution is 9.10. The zero-order chi connectivity index (χ0) is 16.6. The molecule has 0 saturated heterocycles. The third-order valence-corrected chi connectivity index (χ3v) is 5.25. The zero-order valence-electron chi connectivity index (χ0n) is 14.0. The molecule has 1 amide bonds. The monoisotopic (exact) mass is 380 g/mol. The number of hydrogen-bond acceptors (Lipinski definition) is 3. The summed E-state index contributed by atoms with van der Waals surface area (Å²) in [5, 5.41) is 6.68. The number of rotatable bonds is 3. The van der Waals surface area contributed by atoms with Crippen molar-refractivity contribution < 1.29 is 9.53 Å². The molecule has 0 aliphatic heterocycles. The summed E-state index contributed by atoms with van der Waals surface area (Å²) in [5.41, 5.74) is 2.42. The van der Waals surface area contributed by atoms with Gasteiger partial charge in [-0.05, 0) is 63.6 Å². The highest BCUT2D eigenvalue weighted by atomic mass is 79.9. The predicted octanol–water partition coefficient (Wildman–Crippen LogP) is 4.08. The minimum atomic E-state index is -0.438. The van der Waals surface area contributed by atoms with E-state index in [-0.39, 0.29) is 12.1 Å². The minimum Gasteiger partial charge on any atom is -0.444 e. The first-order chi connectivity index (χ1) is 10.8. The first kappa shape index (κ1) is 16.8. The topological polar surface area (TPSA) is 50.4 Å². The lowest BCUT2D eigenvalue weighted by Crippen LogP contribution is -2.53. The van der Waals surface area contributed by atoms with E-state index in [0.717, 1.165) is 25.7 Å². The van der Waals surface area contributed by atoms with Gasteiger partial charge in [-0.2, -0.15) is 0 Å². The lowest BCUT2D eigenvalue weighted by Gasteiger charge is -2.38. The number of alkyl carbamates (subject to hydrolysis) is 1. The molecular formula is C18H25BrN2O2. The largest absolute Gasteiger partial charge is 0.444 e. The van der Waals surface area contributed by atoms with E-state index in [9.17, 15) is 4.79 Å². The molecule has 0 aromatic heterocycles. The van der Waals surface area contributed by atoms with Crippen LogP contribution in [0.15, 0.2) is 22.7 Å². The van der Waals surface area contributed by atoms with Crippen LogP contribution < -0.4 is 10.6 Å². The van der Waals surface area contributed by atoms with Gasteiger partial charge >= 0.3 is 6.09 Å². The number of amides is 1. The number of hydrogen-bond donors (Lipinski definition) is 2. The molecule has 126 valence electrons. The molecule has 4 nitrogen and oxygen atoms in total. The quantitative estimate of drug-likeness (QED) is 0.830. The molecule has 0 spiro atoms. The second-order valence-electron chi connectivity index (χ2n) is 7.58. The maximum Gasteiger partial charge on any atom is 0.407 e. The second kappa shape index (κ2) is 6.44. The van der Waals surface area contributed by atoms with E-state index < -0.39 is 5.60 Å². The first-order valence-corrected chi connectivity index (χ1v) is 9.14. The van der Waals surface area contributed by atoms with Crippen LogP contribution in [0.25, 0.3) is 0 Å². The number of ether oxygens (including phenoxy) is 1. The smallest absolute Gasteiger partial charge is 0.407 e. The molecule has 2 aliphatic rings. The van der Waals surface area contributed by atoms with Crippen molar-refractivity contribution in [1.82, 2.24) is 10.6 Å². The van der Waals surface area contributed by atoms with E-state index in [4.69, 9.17) is 4.74 Å². The Labute approximate surface area is 146 Å². The molecular weight excluding hydrogens is 356 g/mol. The van der Waals surface area contributed by atoms with Crippen molar-refractivity contribution in [3.8, 4) is 0 Å². The van der Waals surface area contributed by atoms with Crippen LogP contribution in [-0.4, -0.2) is 23.8 Å². The molecule has 1 unspecified atom stereocenters. The van der Waals surface area contributed by atoms with Gasteiger partial charge in [0, 0.05) is 22.6 Å². The first-order valence-electron chi connectivity index (χ1n) is 8.34. The molecule has 1 saturated carbocycles. The Morgan fingerprint density at radius 3 is 2.70 bits per heavy atom. The van der Waals surface area contributed by atoms with Gasteiger partial charge in [-0.3, -0.25) is 0 Å². The van der Waals surface area contributed by atoms with E-state index in [1.807, 2.05) is 20.8 Å². The van der Waals surface area contributed by atoms with Crippen molar-refractivity contribution in [3.63, 3.8) is 0 Å². The highest BCUT2D eigenvalue weighted by Gasteiger charge is 2.34. The highest BCUT2D eigenvalue weighted by Crippen LogP contribution is 2.37. The van der Waals surface area contributed by atoms with Gasteiger partial charge in [0.25, 0.3) is 0 Å². The summed E-state index contributed by atoms with van der Waals surface area (Å²) >= 11 is 3.64. The Bertz CT molecular complexity index is 591. The number of benzene rings is 1. The molecule has 2 aliphatic carbocycles. The SMILES string of the molecule is CC(C)(C)OC(=O)NC1CC(NC2CCc3c(Br)cccc32)C1. The van der Waals surface area contributed by atoms with Gasteiger partial charge in [-0.25, -0.2) is 4.79 Å². The maximum atomic E-state index is 11.8. The van der Waals surface area contributed by atoms with E-state index in [0.29, 0.717) is 12.1 Å². The van der Waals surface area contributed by atoms with E-state index >= 15 is 0 Å². The van der Waals surface area contributed by atoms with E-state index in [1.165, 1.54) is 15.6 Å². The lowest BCUT2D eigenvalue weighted by atomic mass is 9.86. The summed E-state index contributed by atoms with van der Waals surface area (Å²) in [7, 11) is 0. The number of carbonyl (C=O) groups excluding carboxylic acids is 1. The summed E-state index contributed by atoms with van der Waals surface area (Å²) in [6.07, 6.45) is 3.91. The standard InChI is InChI=1S/C18H25BrN2O2/c1-18(2,3)23-17(22)21-12-9-11(10-12)20-16-8-7-13-14(16)5-4-6-15(13)19/h4-6,11-12,16,20H,7-10H2,1-3H3,(H,21,22). The van der Waals surface area contributed by atoms with Crippen molar-refractivity contribution >= 4 is 22.0 Å². The molecule has 23 heavy (non-hydrogen) atoms. The molecule has 0 bridgehead atoms. The second-order valence-corrected chi connectivity index (χ2v) is 8.43. The van der Waals surface area contributed by atoms with Crippen LogP contribution in [0.5, 0.6) is 0 Å². The normalized spacial score (nSPS) is 26.3. The summed E-state index contributed by atoms with van der Waals surface area (Å²) in [5.74, 6) is 0. The number of halogens is 1. The van der Waals surface area contributed by atoms with Crippen LogP contribution in [0.2, 0.25) is 0 Å². The fourth-order valence-corrected chi connectivity index (χ4v) is 3.99. The Kier molecular flexibility index (Phi) is 4.70. The minimum absolute atomic E-state index is 0.228. The zero-order valence-corrected chi connectivity index (χ0v) is 15.6. The van der Waals surface area contributed by atoms with Gasteiger partial charge in [0.1, 0.15) is 5.60 Å². The predicted molar refractivity (Wildman–Crippen MR) is 94.5 cm³/mol. The van der Waals surface area contributed by atoms with Gasteiger partial charge in [-0.1, -0.05) is 28.1 Å². The molecule has 0 radical (unpaired) electrons. The molecule has 1 aromatic carbocycles. The van der Waals surface area contributed by atoms with Gasteiger partial charge in [-0.15, -0.1) is 0 Å². The van der Waals surface area contributed by atoms with Gasteiger partial charge in [0.15, 0.2) is 0 Å². The van der Waals surface area contributed by atoms with Crippen molar-refractivity contribution in [2.24, 2.45) is 0 Å². The van der Waals surface area contributed by atoms with Crippen LogP contribution in [0.3, 0.4) is 0 Å². The molecule has 3 rings (SSSR count). The van der Waals surface area contributed by atoms with Crippen LogP contribution in [0.4, 0.5) is 4.79 Å². The Morgan fingerprint density at radius 1 is 1.26 bits per heavy atom. The maximum absolute atomic E-state index is 11.8. The van der Waals surface area contributed by atoms with Crippen molar-refractivity contribution in [3.05, 3.63) is 33.8 Å². The summed E-state index contributed by atoms with van der Waals surface area (Å²) in [4.78, 5) is 11.8. The molecule has 0 heterocycles. The van der Waals surface area contributed by atoms with Crippen LogP contribution >= 0.6 is 15.9 Å². The summed E-state index contributed by atoms with van der Waals surface area (Å²) in [6.45, 7) is 5.65. The summed E-state index contributed by atoms with van der Waals surface area (Å²) < 4.78 is 6.52. The van der Waals surface area contributed by atoms with Gasteiger partial charge < -0.3 is 15.4 Å². The lowest BCUT2D eigenvalue weighted by molar-refractivity contribution is 0.0463. The number of nitrogens with one attached hydrogen (secondary N) is 2. The molecule has 1 aromatic rings. The van der Waals surface area contributed by atoms with Crippen LogP contribution in [-0.2, 0) is 11.2 Å². The van der Waals surface area contributed by atoms with Gasteiger partial charge in [0.2, 0.25) is 0 Å². The van der Waals surface area contributed by atoms with E-state index in [2.05, 4.69) is 44.8 Å². The van der Waals surface area contributed by atoms with Crippen LogP contribution in [0.1, 0.15) is 57.2 Å². The fourth-order valence-electron chi connectivity index (χ4n) is 3.41.